The molecule has 0 aromatic heterocycles. The summed E-state index contributed by atoms with van der Waals surface area (Å²) in [6.07, 6.45) is 14.4. The van der Waals surface area contributed by atoms with E-state index in [9.17, 15) is 24.0 Å². The van der Waals surface area contributed by atoms with E-state index in [1.807, 2.05) is 20.8 Å². The van der Waals surface area contributed by atoms with Crippen LogP contribution in [0.3, 0.4) is 0 Å². The quantitative estimate of drug-likeness (QED) is 0.0877. The molecule has 296 valence electrons. The monoisotopic (exact) mass is 736 g/mol. The highest BCUT2D eigenvalue weighted by atomic mass is 16.2. The van der Waals surface area contributed by atoms with Crippen LogP contribution in [0.2, 0.25) is 0 Å². The van der Waals surface area contributed by atoms with Gasteiger partial charge in [-0.15, -0.1) is 6.58 Å². The van der Waals surface area contributed by atoms with Crippen LogP contribution in [0.15, 0.2) is 24.8 Å². The van der Waals surface area contributed by atoms with Gasteiger partial charge < -0.3 is 26.2 Å². The molecule has 6 atom stereocenters. The first kappa shape index (κ1) is 41.0. The summed E-state index contributed by atoms with van der Waals surface area (Å²) >= 11 is 0. The number of Topliss-reactive ketones (excluding diaryl/α,β-unsaturated/α-hetero) is 1. The molecule has 0 spiro atoms. The molecule has 4 unspecified atom stereocenters. The van der Waals surface area contributed by atoms with Gasteiger partial charge in [-0.1, -0.05) is 86.3 Å². The molecule has 53 heavy (non-hydrogen) atoms. The van der Waals surface area contributed by atoms with Crippen molar-refractivity contribution in [1.82, 2.24) is 26.2 Å². The fourth-order valence-electron chi connectivity index (χ4n) is 9.14. The number of rotatable bonds is 19. The summed E-state index contributed by atoms with van der Waals surface area (Å²) in [4.78, 5) is 71.3. The second kappa shape index (κ2) is 16.7. The van der Waals surface area contributed by atoms with Crippen LogP contribution < -0.4 is 21.3 Å². The van der Waals surface area contributed by atoms with Crippen LogP contribution in [0.25, 0.3) is 0 Å². The highest BCUT2D eigenvalue weighted by molar-refractivity contribution is 6.02. The molecule has 10 nitrogen and oxygen atoms in total. The third-order valence-corrected chi connectivity index (χ3v) is 13.5. The molecule has 0 radical (unpaired) electrons. The van der Waals surface area contributed by atoms with Crippen LogP contribution in [0.4, 0.5) is 4.79 Å². The highest BCUT2D eigenvalue weighted by Crippen LogP contribution is 2.65. The van der Waals surface area contributed by atoms with E-state index in [1.165, 1.54) is 12.8 Å². The Labute approximate surface area is 318 Å². The van der Waals surface area contributed by atoms with Crippen molar-refractivity contribution in [2.45, 2.75) is 162 Å². The maximum Gasteiger partial charge on any atom is 0.315 e. The molecule has 0 aromatic rings. The second-order valence-corrected chi connectivity index (χ2v) is 19.2. The first-order valence-corrected chi connectivity index (χ1v) is 20.7. The average molecular weight is 736 g/mol. The van der Waals surface area contributed by atoms with Crippen LogP contribution >= 0.6 is 0 Å². The fraction of sp³-hybridized carbons (Fsp3) is 0.791. The molecule has 1 aliphatic heterocycles. The van der Waals surface area contributed by atoms with Crippen LogP contribution in [-0.2, 0) is 19.2 Å². The molecule has 5 fully saturated rings. The predicted octanol–water partition coefficient (Wildman–Crippen LogP) is 6.60. The van der Waals surface area contributed by atoms with Gasteiger partial charge in [0.05, 0.1) is 6.04 Å². The molecule has 5 rings (SSSR count). The minimum atomic E-state index is -0.827. The van der Waals surface area contributed by atoms with Crippen molar-refractivity contribution < 1.29 is 24.0 Å². The number of allylic oxidation sites excluding steroid dienone is 1. The van der Waals surface area contributed by atoms with Crippen molar-refractivity contribution in [3.8, 4) is 0 Å². The Morgan fingerprint density at radius 1 is 0.887 bits per heavy atom. The summed E-state index contributed by atoms with van der Waals surface area (Å²) in [5, 5.41) is 12.4. The van der Waals surface area contributed by atoms with E-state index in [0.29, 0.717) is 62.6 Å². The molecule has 4 N–H and O–H groups in total. The van der Waals surface area contributed by atoms with Gasteiger partial charge in [-0.2, -0.15) is 0 Å². The number of piperidine rings is 1. The largest absolute Gasteiger partial charge is 0.356 e. The zero-order valence-electron chi connectivity index (χ0n) is 33.6. The number of likely N-dealkylation sites (tertiary alicyclic amines) is 1. The Kier molecular flexibility index (Phi) is 12.9. The van der Waals surface area contributed by atoms with Crippen molar-refractivity contribution in [2.75, 3.05) is 13.1 Å². The Morgan fingerprint density at radius 2 is 1.55 bits per heavy atom. The Hall–Kier alpha value is -3.17. The molecule has 1 saturated heterocycles. The maximum absolute atomic E-state index is 14.9. The Bertz CT molecular complexity index is 1400. The zero-order chi connectivity index (χ0) is 38.7. The van der Waals surface area contributed by atoms with Crippen molar-refractivity contribution in [2.24, 2.45) is 39.9 Å². The van der Waals surface area contributed by atoms with Gasteiger partial charge in [0.2, 0.25) is 17.7 Å². The van der Waals surface area contributed by atoms with E-state index in [0.717, 1.165) is 51.4 Å². The highest BCUT2D eigenvalue weighted by Gasteiger charge is 2.70. The topological polar surface area (TPSA) is 137 Å². The van der Waals surface area contributed by atoms with E-state index in [2.05, 4.69) is 55.2 Å². The molecule has 1 heterocycles. The van der Waals surface area contributed by atoms with Gasteiger partial charge >= 0.3 is 6.03 Å². The van der Waals surface area contributed by atoms with E-state index < -0.39 is 29.6 Å². The summed E-state index contributed by atoms with van der Waals surface area (Å²) in [5.41, 5.74) is -0.429. The standard InChI is InChI=1S/C43H69N5O5/c1-9-10-14-27(2)36(50)31(20-19-28-15-16-28)45-38(51)35-34-30(42(34,6)7)26-48(35)39(52)37(43(8)23-12-11-13-24-43)47-40(53)46-32(41(3,4)5)21-22-33(49)44-25-29-17-18-29/h9,28-32,34-35,37H,1-2,10-26H2,3-8H3,(H,44,49)(H,45,51)(H2,46,47,53)/t30-,31?,32?,34-,35?,37?/m0/s1. The lowest BCUT2D eigenvalue weighted by atomic mass is 9.70. The molecular formula is C43H69N5O5. The molecule has 4 aliphatic carbocycles. The fourth-order valence-corrected chi connectivity index (χ4v) is 9.14. The number of fused-ring (bicyclic) bond motifs is 1. The lowest BCUT2D eigenvalue weighted by Crippen LogP contribution is -2.63. The molecule has 4 saturated carbocycles. The average Bonchev–Trinajstić information content (AvgIpc) is 4.06. The normalized spacial score (nSPS) is 25.9. The van der Waals surface area contributed by atoms with Gasteiger partial charge in [-0.25, -0.2) is 4.79 Å². The number of ketones is 1. The van der Waals surface area contributed by atoms with Crippen LogP contribution in [0, 0.1) is 39.9 Å². The smallest absolute Gasteiger partial charge is 0.315 e. The third-order valence-electron chi connectivity index (χ3n) is 13.5. The number of hydrogen-bond donors (Lipinski definition) is 4. The predicted molar refractivity (Wildman–Crippen MR) is 209 cm³/mol. The lowest BCUT2D eigenvalue weighted by molar-refractivity contribution is -0.145. The molecule has 10 heteroatoms. The van der Waals surface area contributed by atoms with E-state index in [4.69, 9.17) is 0 Å². The lowest BCUT2D eigenvalue weighted by Gasteiger charge is -2.43. The number of nitrogens with one attached hydrogen (secondary N) is 4. The van der Waals surface area contributed by atoms with Gasteiger partial charge in [-0.05, 0) is 103 Å². The van der Waals surface area contributed by atoms with Gasteiger partial charge in [0.25, 0.3) is 0 Å². The van der Waals surface area contributed by atoms with Crippen LogP contribution in [0.1, 0.15) is 138 Å². The van der Waals surface area contributed by atoms with Crippen molar-refractivity contribution in [3.05, 3.63) is 24.8 Å². The summed E-state index contributed by atoms with van der Waals surface area (Å²) in [6, 6.07) is -2.96. The van der Waals surface area contributed by atoms with Gasteiger partial charge in [0.15, 0.2) is 5.78 Å². The number of urea groups is 1. The number of carbonyl (C=O) groups excluding carboxylic acids is 5. The number of nitrogens with zero attached hydrogens (tertiary/aromatic N) is 1. The first-order chi connectivity index (χ1) is 25.0. The van der Waals surface area contributed by atoms with Crippen molar-refractivity contribution in [3.63, 3.8) is 0 Å². The molecule has 0 aromatic carbocycles. The zero-order valence-corrected chi connectivity index (χ0v) is 33.6. The number of hydrogen-bond acceptors (Lipinski definition) is 5. The minimum absolute atomic E-state index is 0.00599. The molecule has 5 amide bonds. The van der Waals surface area contributed by atoms with Crippen molar-refractivity contribution in [1.29, 1.82) is 0 Å². The Balaban J connectivity index is 1.33. The van der Waals surface area contributed by atoms with Crippen LogP contribution in [0.5, 0.6) is 0 Å². The van der Waals surface area contributed by atoms with Crippen LogP contribution in [-0.4, -0.2) is 71.7 Å². The first-order valence-electron chi connectivity index (χ1n) is 20.7. The summed E-state index contributed by atoms with van der Waals surface area (Å²) < 4.78 is 0. The molecule has 0 bridgehead atoms. The summed E-state index contributed by atoms with van der Waals surface area (Å²) in [6.45, 7) is 21.5. The van der Waals surface area contributed by atoms with Gasteiger partial charge in [-0.3, -0.25) is 19.2 Å². The van der Waals surface area contributed by atoms with E-state index >= 15 is 0 Å². The minimum Gasteiger partial charge on any atom is -0.356 e. The van der Waals surface area contributed by atoms with E-state index in [1.54, 1.807) is 11.0 Å². The SMILES string of the molecule is C=CCCC(=C)C(=O)C(CCC1CC1)NC(=O)C1[C@@H]2[C@H](CN1C(=O)C(NC(=O)NC(CCC(=O)NCC1CC1)C(C)(C)C)C1(C)CCCCC1)C2(C)C. The van der Waals surface area contributed by atoms with Crippen molar-refractivity contribution >= 4 is 29.5 Å². The van der Waals surface area contributed by atoms with Gasteiger partial charge in [0, 0.05) is 25.6 Å². The number of amides is 5. The maximum atomic E-state index is 14.9. The summed E-state index contributed by atoms with van der Waals surface area (Å²) in [7, 11) is 0. The molecule has 5 aliphatic rings. The Morgan fingerprint density at radius 3 is 2.15 bits per heavy atom. The van der Waals surface area contributed by atoms with Gasteiger partial charge in [0.1, 0.15) is 12.1 Å². The second-order valence-electron chi connectivity index (χ2n) is 19.2. The third kappa shape index (κ3) is 10.3. The summed E-state index contributed by atoms with van der Waals surface area (Å²) in [5.74, 6) is 0.671. The molecular weight excluding hydrogens is 667 g/mol. The number of carbonyl (C=O) groups is 5. The van der Waals surface area contributed by atoms with E-state index in [-0.39, 0.29) is 52.2 Å².